The van der Waals surface area contributed by atoms with Crippen LogP contribution in [-0.4, -0.2) is 20.5 Å². The molecule has 1 aromatic carbocycles. The monoisotopic (exact) mass is 326 g/mol. The highest BCUT2D eigenvalue weighted by molar-refractivity contribution is 7.85. The SMILES string of the molecule is Cc1cc(NC(=O)[C@@H](C)[S@](=O)Cc2cccc(Cl)c2)no1. The summed E-state index contributed by atoms with van der Waals surface area (Å²) in [6.07, 6.45) is 0. The van der Waals surface area contributed by atoms with Crippen molar-refractivity contribution in [2.45, 2.75) is 24.9 Å². The number of benzene rings is 1. The summed E-state index contributed by atoms with van der Waals surface area (Å²) in [7, 11) is -1.35. The van der Waals surface area contributed by atoms with Crippen LogP contribution >= 0.6 is 11.6 Å². The number of carbonyl (C=O) groups excluding carboxylic acids is 1. The summed E-state index contributed by atoms with van der Waals surface area (Å²) in [6, 6.07) is 8.71. The second kappa shape index (κ2) is 6.87. The maximum Gasteiger partial charge on any atom is 0.241 e. The molecule has 1 N–H and O–H groups in total. The van der Waals surface area contributed by atoms with Gasteiger partial charge in [-0.25, -0.2) is 0 Å². The number of hydrogen-bond acceptors (Lipinski definition) is 4. The van der Waals surface area contributed by atoms with E-state index in [1.54, 1.807) is 38.1 Å². The quantitative estimate of drug-likeness (QED) is 0.917. The molecule has 2 aromatic rings. The maximum atomic E-state index is 12.2. The van der Waals surface area contributed by atoms with Gasteiger partial charge in [0, 0.05) is 27.6 Å². The van der Waals surface area contributed by atoms with E-state index < -0.39 is 16.0 Å². The van der Waals surface area contributed by atoms with Crippen molar-refractivity contribution in [2.75, 3.05) is 5.32 Å². The van der Waals surface area contributed by atoms with Crippen LogP contribution in [0.2, 0.25) is 5.02 Å². The van der Waals surface area contributed by atoms with E-state index >= 15 is 0 Å². The fourth-order valence-electron chi connectivity index (χ4n) is 1.69. The first-order chi connectivity index (χ1) is 9.95. The summed E-state index contributed by atoms with van der Waals surface area (Å²) in [5.74, 6) is 0.832. The molecule has 1 aromatic heterocycles. The Bertz CT molecular complexity index is 672. The van der Waals surface area contributed by atoms with Gasteiger partial charge >= 0.3 is 0 Å². The molecule has 21 heavy (non-hydrogen) atoms. The zero-order chi connectivity index (χ0) is 15.4. The molecule has 0 aliphatic heterocycles. The van der Waals surface area contributed by atoms with E-state index in [9.17, 15) is 9.00 Å². The standard InChI is InChI=1S/C14H15ClN2O3S/c1-9-6-13(17-20-9)16-14(18)10(2)21(19)8-11-4-3-5-12(15)7-11/h3-7,10H,8H2,1-2H3,(H,16,17,18)/t10-,21-/m1/s1. The number of nitrogens with zero attached hydrogens (tertiary/aromatic N) is 1. The van der Waals surface area contributed by atoms with Gasteiger partial charge in [0.15, 0.2) is 5.82 Å². The largest absolute Gasteiger partial charge is 0.360 e. The third kappa shape index (κ3) is 4.41. The summed E-state index contributed by atoms with van der Waals surface area (Å²) in [5, 5.41) is 6.16. The smallest absolute Gasteiger partial charge is 0.241 e. The van der Waals surface area contributed by atoms with Crippen LogP contribution < -0.4 is 5.32 Å². The Hall–Kier alpha value is -1.66. The van der Waals surface area contributed by atoms with E-state index in [4.69, 9.17) is 16.1 Å². The zero-order valence-corrected chi connectivity index (χ0v) is 13.2. The zero-order valence-electron chi connectivity index (χ0n) is 11.6. The van der Waals surface area contributed by atoms with E-state index in [1.807, 2.05) is 6.07 Å². The molecule has 2 atom stereocenters. The van der Waals surface area contributed by atoms with Crippen LogP contribution in [0, 0.1) is 6.92 Å². The molecular formula is C14H15ClN2O3S. The topological polar surface area (TPSA) is 72.2 Å². The summed E-state index contributed by atoms with van der Waals surface area (Å²) in [5.41, 5.74) is 0.831. The van der Waals surface area contributed by atoms with Gasteiger partial charge < -0.3 is 9.84 Å². The van der Waals surface area contributed by atoms with Crippen LogP contribution in [-0.2, 0) is 21.3 Å². The van der Waals surface area contributed by atoms with E-state index in [0.717, 1.165) is 5.56 Å². The second-order valence-corrected chi connectivity index (χ2v) is 6.80. The lowest BCUT2D eigenvalue weighted by molar-refractivity contribution is -0.115. The fraction of sp³-hybridized carbons (Fsp3) is 0.286. The van der Waals surface area contributed by atoms with E-state index in [-0.39, 0.29) is 11.7 Å². The van der Waals surface area contributed by atoms with Crippen molar-refractivity contribution in [1.29, 1.82) is 0 Å². The van der Waals surface area contributed by atoms with Gasteiger partial charge in [-0.2, -0.15) is 0 Å². The Balaban J connectivity index is 1.96. The van der Waals surface area contributed by atoms with Crippen molar-refractivity contribution in [3.8, 4) is 0 Å². The summed E-state index contributed by atoms with van der Waals surface area (Å²) < 4.78 is 17.1. The molecule has 0 saturated carbocycles. The molecule has 0 bridgehead atoms. The molecule has 0 saturated heterocycles. The summed E-state index contributed by atoms with van der Waals surface area (Å²) in [6.45, 7) is 3.34. The predicted octanol–water partition coefficient (Wildman–Crippen LogP) is 2.91. The molecule has 0 fully saturated rings. The van der Waals surface area contributed by atoms with Gasteiger partial charge in [-0.05, 0) is 31.5 Å². The average Bonchev–Trinajstić information content (AvgIpc) is 2.83. The normalized spacial score (nSPS) is 13.7. The van der Waals surface area contributed by atoms with Gasteiger partial charge in [-0.1, -0.05) is 28.9 Å². The molecule has 2 rings (SSSR count). The summed E-state index contributed by atoms with van der Waals surface area (Å²) in [4.78, 5) is 12.0. The molecule has 1 amide bonds. The number of nitrogens with one attached hydrogen (secondary N) is 1. The van der Waals surface area contributed by atoms with Crippen molar-refractivity contribution in [1.82, 2.24) is 5.16 Å². The lowest BCUT2D eigenvalue weighted by Gasteiger charge is -2.10. The second-order valence-electron chi connectivity index (χ2n) is 4.61. The molecule has 0 aliphatic rings. The molecule has 0 aliphatic carbocycles. The number of halogens is 1. The highest BCUT2D eigenvalue weighted by atomic mass is 35.5. The van der Waals surface area contributed by atoms with Crippen LogP contribution in [0.5, 0.6) is 0 Å². The first-order valence-corrected chi connectivity index (χ1v) is 8.07. The third-order valence-electron chi connectivity index (χ3n) is 2.84. The van der Waals surface area contributed by atoms with Gasteiger partial charge in [0.1, 0.15) is 11.0 Å². The molecule has 0 spiro atoms. The van der Waals surface area contributed by atoms with Gasteiger partial charge in [-0.15, -0.1) is 0 Å². The van der Waals surface area contributed by atoms with Crippen molar-refractivity contribution in [3.05, 3.63) is 46.7 Å². The number of aryl methyl sites for hydroxylation is 1. The number of aromatic nitrogens is 1. The molecule has 112 valence electrons. The highest BCUT2D eigenvalue weighted by Crippen LogP contribution is 2.15. The van der Waals surface area contributed by atoms with Crippen molar-refractivity contribution in [3.63, 3.8) is 0 Å². The lowest BCUT2D eigenvalue weighted by Crippen LogP contribution is -2.29. The first-order valence-electron chi connectivity index (χ1n) is 6.31. The lowest BCUT2D eigenvalue weighted by atomic mass is 10.2. The molecule has 0 radical (unpaired) electrons. The van der Waals surface area contributed by atoms with E-state index in [0.29, 0.717) is 16.6 Å². The number of hydrogen-bond donors (Lipinski definition) is 1. The van der Waals surface area contributed by atoms with Crippen LogP contribution in [0.3, 0.4) is 0 Å². The van der Waals surface area contributed by atoms with E-state index in [2.05, 4.69) is 10.5 Å². The van der Waals surface area contributed by atoms with Crippen LogP contribution in [0.25, 0.3) is 0 Å². The van der Waals surface area contributed by atoms with Gasteiger partial charge in [0.05, 0.1) is 0 Å². The van der Waals surface area contributed by atoms with Crippen LogP contribution in [0.1, 0.15) is 18.2 Å². The van der Waals surface area contributed by atoms with Gasteiger partial charge in [-0.3, -0.25) is 9.00 Å². The number of amides is 1. The number of anilines is 1. The Kier molecular flexibility index (Phi) is 5.14. The summed E-state index contributed by atoms with van der Waals surface area (Å²) >= 11 is 5.88. The minimum Gasteiger partial charge on any atom is -0.360 e. The van der Waals surface area contributed by atoms with E-state index in [1.165, 1.54) is 0 Å². The Morgan fingerprint density at radius 2 is 2.24 bits per heavy atom. The molecular weight excluding hydrogens is 312 g/mol. The minimum absolute atomic E-state index is 0.271. The van der Waals surface area contributed by atoms with Crippen molar-refractivity contribution in [2.24, 2.45) is 0 Å². The van der Waals surface area contributed by atoms with Gasteiger partial charge in [0.25, 0.3) is 0 Å². The molecule has 1 heterocycles. The Labute approximate surface area is 130 Å². The average molecular weight is 327 g/mol. The minimum atomic E-state index is -1.35. The highest BCUT2D eigenvalue weighted by Gasteiger charge is 2.21. The predicted molar refractivity (Wildman–Crippen MR) is 82.6 cm³/mol. The molecule has 7 heteroatoms. The maximum absolute atomic E-state index is 12.2. The Morgan fingerprint density at radius 1 is 1.48 bits per heavy atom. The number of carbonyl (C=O) groups is 1. The van der Waals surface area contributed by atoms with Crippen LogP contribution in [0.15, 0.2) is 34.9 Å². The third-order valence-corrected chi connectivity index (χ3v) is 4.70. The van der Waals surface area contributed by atoms with Crippen LogP contribution in [0.4, 0.5) is 5.82 Å². The Morgan fingerprint density at radius 3 is 2.86 bits per heavy atom. The number of rotatable bonds is 5. The first kappa shape index (κ1) is 15.7. The molecule has 0 unspecified atom stereocenters. The molecule has 5 nitrogen and oxygen atoms in total. The van der Waals surface area contributed by atoms with Crippen molar-refractivity contribution < 1.29 is 13.5 Å². The van der Waals surface area contributed by atoms with Gasteiger partial charge in [0.2, 0.25) is 5.91 Å². The van der Waals surface area contributed by atoms with Crippen molar-refractivity contribution >= 4 is 34.1 Å². The fourth-order valence-corrected chi connectivity index (χ4v) is 2.96.